The Balaban J connectivity index is 1.45. The van der Waals surface area contributed by atoms with Crippen LogP contribution < -0.4 is 15.8 Å². The number of nitrogens with two attached hydrogens (primary N) is 1. The molecule has 0 spiro atoms. The van der Waals surface area contributed by atoms with Gasteiger partial charge in [-0.05, 0) is 86.9 Å². The number of primary amides is 1. The fourth-order valence-corrected chi connectivity index (χ4v) is 5.25. The fraction of sp³-hybridized carbons (Fsp3) is 0.529. The summed E-state index contributed by atoms with van der Waals surface area (Å²) in [6, 6.07) is 13.1. The van der Waals surface area contributed by atoms with Crippen LogP contribution in [0, 0.1) is 24.1 Å². The molecule has 1 atom stereocenters. The Morgan fingerprint density at radius 2 is 1.95 bits per heavy atom. The molecule has 42 heavy (non-hydrogen) atoms. The van der Waals surface area contributed by atoms with Crippen molar-refractivity contribution in [2.24, 2.45) is 11.7 Å². The van der Waals surface area contributed by atoms with Gasteiger partial charge in [0.25, 0.3) is 0 Å². The maximum Gasteiger partial charge on any atom is 0.223 e. The highest BCUT2D eigenvalue weighted by Crippen LogP contribution is 2.45. The minimum absolute atomic E-state index is 0.0205. The number of unbranched alkanes of at least 4 members (excludes halogenated alkanes) is 1. The van der Waals surface area contributed by atoms with Crippen LogP contribution in [-0.4, -0.2) is 56.7 Å². The highest BCUT2D eigenvalue weighted by Gasteiger charge is 2.43. The first-order valence-corrected chi connectivity index (χ1v) is 15.1. The van der Waals surface area contributed by atoms with E-state index in [1.165, 1.54) is 11.6 Å². The first-order valence-electron chi connectivity index (χ1n) is 15.1. The average molecular weight is 580 g/mol. The van der Waals surface area contributed by atoms with Crippen LogP contribution >= 0.6 is 0 Å². The number of carbonyl (C=O) groups is 2. The van der Waals surface area contributed by atoms with Crippen molar-refractivity contribution in [3.05, 3.63) is 65.0 Å². The van der Waals surface area contributed by atoms with E-state index in [0.29, 0.717) is 38.5 Å². The zero-order valence-corrected chi connectivity index (χ0v) is 25.1. The second-order valence-corrected chi connectivity index (χ2v) is 11.3. The van der Waals surface area contributed by atoms with Crippen LogP contribution in [0.2, 0.25) is 0 Å². The number of hydrogen-bond acceptors (Lipinski definition) is 5. The van der Waals surface area contributed by atoms with Crippen LogP contribution in [0.3, 0.4) is 0 Å². The first kappa shape index (κ1) is 33.1. The van der Waals surface area contributed by atoms with Crippen LogP contribution in [0.15, 0.2) is 42.5 Å². The molecule has 3 rings (SSSR count). The lowest BCUT2D eigenvalue weighted by Crippen LogP contribution is -2.35. The normalized spacial score (nSPS) is 14.1. The topological polar surface area (TPSA) is 93.9 Å². The second-order valence-electron chi connectivity index (χ2n) is 11.3. The van der Waals surface area contributed by atoms with E-state index in [2.05, 4.69) is 23.4 Å². The molecule has 7 nitrogen and oxygen atoms in total. The Kier molecular flexibility index (Phi) is 13.3. The summed E-state index contributed by atoms with van der Waals surface area (Å²) >= 11 is 0. The van der Waals surface area contributed by atoms with Crippen molar-refractivity contribution in [3.63, 3.8) is 0 Å². The van der Waals surface area contributed by atoms with Gasteiger partial charge in [-0.3, -0.25) is 9.59 Å². The van der Waals surface area contributed by atoms with Crippen molar-refractivity contribution in [2.45, 2.75) is 70.3 Å². The Morgan fingerprint density at radius 3 is 2.64 bits per heavy atom. The number of halogens is 1. The third-order valence-electron chi connectivity index (χ3n) is 7.75. The quantitative estimate of drug-likeness (QED) is 0.171. The van der Waals surface area contributed by atoms with Gasteiger partial charge in [-0.25, -0.2) is 4.39 Å². The number of amides is 2. The molecule has 1 saturated carbocycles. The van der Waals surface area contributed by atoms with Crippen LogP contribution in [0.5, 0.6) is 5.75 Å². The molecule has 0 bridgehead atoms. The summed E-state index contributed by atoms with van der Waals surface area (Å²) in [6.45, 7) is 4.84. The molecule has 1 fully saturated rings. The number of methoxy groups -OCH3 is 1. The van der Waals surface area contributed by atoms with Gasteiger partial charge in [0.1, 0.15) is 11.6 Å². The molecule has 2 aromatic rings. The van der Waals surface area contributed by atoms with E-state index < -0.39 is 5.91 Å². The molecule has 0 aromatic heterocycles. The van der Waals surface area contributed by atoms with Gasteiger partial charge in [0.05, 0.1) is 13.2 Å². The van der Waals surface area contributed by atoms with Gasteiger partial charge < -0.3 is 25.4 Å². The molecule has 0 heterocycles. The Hall–Kier alpha value is -3.41. The number of rotatable bonds is 20. The highest BCUT2D eigenvalue weighted by atomic mass is 19.1. The predicted molar refractivity (Wildman–Crippen MR) is 163 cm³/mol. The van der Waals surface area contributed by atoms with Crippen molar-refractivity contribution in [1.82, 2.24) is 10.2 Å². The van der Waals surface area contributed by atoms with Crippen molar-refractivity contribution >= 4 is 11.8 Å². The number of ether oxygens (including phenoxy) is 2. The molecular weight excluding hydrogens is 533 g/mol. The SMILES string of the molecule is C#Cc1cccc(C2(NCCCCc3cc(F)cc(OCC(CCN(CCC)C(=O)CCC(N)=O)COC)c3)CC2)c1. The Labute approximate surface area is 250 Å². The van der Waals surface area contributed by atoms with E-state index in [1.54, 1.807) is 18.1 Å². The van der Waals surface area contributed by atoms with Gasteiger partial charge in [-0.1, -0.05) is 25.0 Å². The van der Waals surface area contributed by atoms with Gasteiger partial charge in [0.15, 0.2) is 0 Å². The van der Waals surface area contributed by atoms with E-state index in [9.17, 15) is 14.0 Å². The number of hydrogen-bond donors (Lipinski definition) is 2. The van der Waals surface area contributed by atoms with Crippen LogP contribution in [0.1, 0.15) is 75.0 Å². The molecule has 3 N–H and O–H groups in total. The minimum Gasteiger partial charge on any atom is -0.493 e. The lowest BCUT2D eigenvalue weighted by molar-refractivity contribution is -0.133. The molecule has 0 radical (unpaired) electrons. The van der Waals surface area contributed by atoms with Gasteiger partial charge in [-0.15, -0.1) is 6.42 Å². The molecule has 2 amide bonds. The smallest absolute Gasteiger partial charge is 0.223 e. The van der Waals surface area contributed by atoms with Gasteiger partial charge >= 0.3 is 0 Å². The van der Waals surface area contributed by atoms with Crippen LogP contribution in [0.25, 0.3) is 0 Å². The van der Waals surface area contributed by atoms with E-state index in [0.717, 1.165) is 56.2 Å². The fourth-order valence-electron chi connectivity index (χ4n) is 5.25. The number of terminal acetylenes is 1. The third kappa shape index (κ3) is 10.8. The van der Waals surface area contributed by atoms with E-state index >= 15 is 0 Å². The van der Waals surface area contributed by atoms with Crippen molar-refractivity contribution in [2.75, 3.05) is 40.0 Å². The average Bonchev–Trinajstić information content (AvgIpc) is 3.77. The van der Waals surface area contributed by atoms with E-state index in [4.69, 9.17) is 21.6 Å². The molecule has 8 heteroatoms. The van der Waals surface area contributed by atoms with Gasteiger partial charge in [-0.2, -0.15) is 0 Å². The second kappa shape index (κ2) is 16.9. The molecule has 228 valence electrons. The lowest BCUT2D eigenvalue weighted by atomic mass is 10.0. The summed E-state index contributed by atoms with van der Waals surface area (Å²) in [7, 11) is 1.63. The minimum atomic E-state index is -0.481. The monoisotopic (exact) mass is 579 g/mol. The highest BCUT2D eigenvalue weighted by molar-refractivity contribution is 5.82. The van der Waals surface area contributed by atoms with Crippen molar-refractivity contribution < 1.29 is 23.5 Å². The zero-order valence-electron chi connectivity index (χ0n) is 25.1. The summed E-state index contributed by atoms with van der Waals surface area (Å²) in [5.41, 5.74) is 8.31. The summed E-state index contributed by atoms with van der Waals surface area (Å²) in [4.78, 5) is 25.4. The summed E-state index contributed by atoms with van der Waals surface area (Å²) in [6.07, 6.45) is 12.1. The number of benzene rings is 2. The van der Waals surface area contributed by atoms with Crippen LogP contribution in [-0.2, 0) is 26.3 Å². The summed E-state index contributed by atoms with van der Waals surface area (Å²) in [5.74, 6) is 2.36. The number of nitrogens with zero attached hydrogens (tertiary/aromatic N) is 1. The summed E-state index contributed by atoms with van der Waals surface area (Å²) < 4.78 is 25.8. The first-order chi connectivity index (χ1) is 20.3. The van der Waals surface area contributed by atoms with E-state index in [1.807, 2.05) is 25.1 Å². The van der Waals surface area contributed by atoms with Crippen molar-refractivity contribution in [3.8, 4) is 18.1 Å². The largest absolute Gasteiger partial charge is 0.493 e. The molecule has 0 saturated heterocycles. The maximum absolute atomic E-state index is 14.4. The molecule has 2 aromatic carbocycles. The Bertz CT molecular complexity index is 1210. The van der Waals surface area contributed by atoms with Crippen LogP contribution in [0.4, 0.5) is 4.39 Å². The summed E-state index contributed by atoms with van der Waals surface area (Å²) in [5, 5.41) is 3.71. The van der Waals surface area contributed by atoms with E-state index in [-0.39, 0.29) is 36.0 Å². The Morgan fingerprint density at radius 1 is 1.14 bits per heavy atom. The maximum atomic E-state index is 14.4. The standard InChI is InChI=1S/C34H46FN3O4/c1-4-18-38(33(40)13-12-32(36)39)19-14-28(24-41-3)25-42-31-22-27(21-30(35)23-31)9-6-7-17-37-34(15-16-34)29-11-8-10-26(5-2)20-29/h2,8,10-11,20-23,28,37H,4,6-7,9,12-19,24-25H2,1,3H3,(H2,36,39). The van der Waals surface area contributed by atoms with Gasteiger partial charge in [0, 0.05) is 56.1 Å². The molecule has 1 unspecified atom stereocenters. The molecular formula is C34H46FN3O4. The van der Waals surface area contributed by atoms with Gasteiger partial charge in [0.2, 0.25) is 11.8 Å². The zero-order chi connectivity index (χ0) is 30.4. The lowest BCUT2D eigenvalue weighted by Gasteiger charge is -2.25. The predicted octanol–water partition coefficient (Wildman–Crippen LogP) is 4.94. The van der Waals surface area contributed by atoms with Crippen molar-refractivity contribution in [1.29, 1.82) is 0 Å². The molecule has 0 aliphatic heterocycles. The molecule has 1 aliphatic carbocycles. The number of carbonyl (C=O) groups excluding carboxylic acids is 2. The molecule has 1 aliphatic rings. The number of nitrogens with one attached hydrogen (secondary N) is 1. The number of aryl methyl sites for hydroxylation is 1. The third-order valence-corrected chi connectivity index (χ3v) is 7.75.